The van der Waals surface area contributed by atoms with Crippen molar-refractivity contribution < 1.29 is 18.3 Å². The molecule has 2 heterocycles. The van der Waals surface area contributed by atoms with Gasteiger partial charge in [0.05, 0.1) is 5.52 Å². The van der Waals surface area contributed by atoms with Crippen molar-refractivity contribution in [2.24, 2.45) is 7.05 Å². The SMILES string of the molecule is COC1(c2cc(F)cc(-c3ccc4c(ccc(=O)n4C)c3)c2F)CCOCC1. The van der Waals surface area contributed by atoms with Crippen LogP contribution in [0.4, 0.5) is 8.78 Å². The van der Waals surface area contributed by atoms with Crippen LogP contribution in [0.3, 0.4) is 0 Å². The molecule has 0 N–H and O–H groups in total. The lowest BCUT2D eigenvalue weighted by molar-refractivity contribution is -0.0966. The average Bonchev–Trinajstić information content (AvgIpc) is 2.72. The molecule has 28 heavy (non-hydrogen) atoms. The highest BCUT2D eigenvalue weighted by atomic mass is 19.1. The van der Waals surface area contributed by atoms with Crippen LogP contribution >= 0.6 is 0 Å². The molecule has 4 nitrogen and oxygen atoms in total. The van der Waals surface area contributed by atoms with Crippen molar-refractivity contribution >= 4 is 10.9 Å². The summed E-state index contributed by atoms with van der Waals surface area (Å²) >= 11 is 0. The van der Waals surface area contributed by atoms with Gasteiger partial charge in [-0.25, -0.2) is 8.78 Å². The number of ether oxygens (including phenoxy) is 2. The van der Waals surface area contributed by atoms with Crippen LogP contribution < -0.4 is 5.56 Å². The number of rotatable bonds is 3. The molecule has 0 bridgehead atoms. The normalized spacial score (nSPS) is 16.4. The van der Waals surface area contributed by atoms with E-state index in [0.29, 0.717) is 31.6 Å². The van der Waals surface area contributed by atoms with Gasteiger partial charge in [-0.2, -0.15) is 0 Å². The fourth-order valence-corrected chi connectivity index (χ4v) is 3.97. The van der Waals surface area contributed by atoms with Gasteiger partial charge in [-0.1, -0.05) is 6.07 Å². The molecule has 0 spiro atoms. The minimum Gasteiger partial charge on any atom is -0.381 e. The number of hydrogen-bond donors (Lipinski definition) is 0. The van der Waals surface area contributed by atoms with Gasteiger partial charge in [-0.05, 0) is 41.3 Å². The maximum atomic E-state index is 15.6. The van der Waals surface area contributed by atoms with Gasteiger partial charge >= 0.3 is 0 Å². The van der Waals surface area contributed by atoms with Crippen LogP contribution in [0.15, 0.2) is 47.3 Å². The summed E-state index contributed by atoms with van der Waals surface area (Å²) in [6.07, 6.45) is 0.923. The lowest BCUT2D eigenvalue weighted by Crippen LogP contribution is -2.36. The zero-order valence-electron chi connectivity index (χ0n) is 15.8. The average molecular weight is 385 g/mol. The standard InChI is InChI=1S/C22H21F2NO3/c1-25-19-5-3-14(11-15(19)4-6-20(25)26)17-12-16(23)13-18(21(17)24)22(27-2)7-9-28-10-8-22/h3-6,11-13H,7-10H2,1-2H3. The number of hydrogen-bond acceptors (Lipinski definition) is 3. The molecular weight excluding hydrogens is 364 g/mol. The van der Waals surface area contributed by atoms with Crippen LogP contribution in [0.25, 0.3) is 22.0 Å². The second-order valence-corrected chi connectivity index (χ2v) is 7.13. The number of nitrogens with zero attached hydrogens (tertiary/aromatic N) is 1. The van der Waals surface area contributed by atoms with Gasteiger partial charge in [-0.15, -0.1) is 0 Å². The van der Waals surface area contributed by atoms with E-state index in [1.54, 1.807) is 31.3 Å². The molecule has 1 fully saturated rings. The van der Waals surface area contributed by atoms with E-state index in [2.05, 4.69) is 0 Å². The molecule has 146 valence electrons. The van der Waals surface area contributed by atoms with Gasteiger partial charge in [-0.3, -0.25) is 4.79 Å². The van der Waals surface area contributed by atoms with Crippen LogP contribution in [-0.4, -0.2) is 24.9 Å². The van der Waals surface area contributed by atoms with Crippen LogP contribution in [0, 0.1) is 11.6 Å². The van der Waals surface area contributed by atoms with Crippen molar-refractivity contribution in [3.63, 3.8) is 0 Å². The highest BCUT2D eigenvalue weighted by Crippen LogP contribution is 2.40. The van der Waals surface area contributed by atoms with Crippen LogP contribution in [0.1, 0.15) is 18.4 Å². The summed E-state index contributed by atoms with van der Waals surface area (Å²) in [7, 11) is 3.20. The monoisotopic (exact) mass is 385 g/mol. The topological polar surface area (TPSA) is 40.5 Å². The molecular formula is C22H21F2NO3. The fourth-order valence-electron chi connectivity index (χ4n) is 3.97. The van der Waals surface area contributed by atoms with Crippen molar-refractivity contribution in [3.8, 4) is 11.1 Å². The first kappa shape index (κ1) is 18.8. The van der Waals surface area contributed by atoms with Gasteiger partial charge in [0.2, 0.25) is 0 Å². The van der Waals surface area contributed by atoms with Crippen LogP contribution in [0.5, 0.6) is 0 Å². The molecule has 4 rings (SSSR count). The van der Waals surface area contributed by atoms with Crippen molar-refractivity contribution in [2.45, 2.75) is 18.4 Å². The lowest BCUT2D eigenvalue weighted by Gasteiger charge is -2.36. The zero-order valence-corrected chi connectivity index (χ0v) is 15.8. The largest absolute Gasteiger partial charge is 0.381 e. The minimum atomic E-state index is -0.903. The van der Waals surface area contributed by atoms with E-state index in [1.165, 1.54) is 29.9 Å². The van der Waals surface area contributed by atoms with Gasteiger partial charge in [0.1, 0.15) is 17.2 Å². The Bertz CT molecular complexity index is 1100. The number of benzene rings is 2. The molecule has 1 aliphatic rings. The highest BCUT2D eigenvalue weighted by Gasteiger charge is 2.38. The van der Waals surface area contributed by atoms with E-state index in [0.717, 1.165) is 10.9 Å². The molecule has 0 unspecified atom stereocenters. The molecule has 2 aromatic carbocycles. The number of halogens is 2. The molecule has 0 amide bonds. The fraction of sp³-hybridized carbons (Fsp3) is 0.318. The summed E-state index contributed by atoms with van der Waals surface area (Å²) in [5.41, 5.74) is 0.636. The Morgan fingerprint density at radius 3 is 2.54 bits per heavy atom. The first-order valence-electron chi connectivity index (χ1n) is 9.18. The molecule has 3 aromatic rings. The third kappa shape index (κ3) is 3.02. The van der Waals surface area contributed by atoms with E-state index in [-0.39, 0.29) is 16.7 Å². The Balaban J connectivity index is 1.89. The highest BCUT2D eigenvalue weighted by molar-refractivity contribution is 5.85. The third-order valence-corrected chi connectivity index (χ3v) is 5.66. The van der Waals surface area contributed by atoms with Crippen LogP contribution in [0.2, 0.25) is 0 Å². The van der Waals surface area contributed by atoms with Crippen LogP contribution in [-0.2, 0) is 22.1 Å². The molecule has 0 atom stereocenters. The number of fused-ring (bicyclic) bond motifs is 1. The van der Waals surface area contributed by atoms with Gasteiger partial charge in [0, 0.05) is 57.4 Å². The Hall–Kier alpha value is -2.57. The Morgan fingerprint density at radius 1 is 1.07 bits per heavy atom. The smallest absolute Gasteiger partial charge is 0.250 e. The maximum absolute atomic E-state index is 15.6. The minimum absolute atomic E-state index is 0.124. The summed E-state index contributed by atoms with van der Waals surface area (Å²) in [4.78, 5) is 11.8. The third-order valence-electron chi connectivity index (χ3n) is 5.66. The summed E-state index contributed by atoms with van der Waals surface area (Å²) < 4.78 is 42.6. The predicted molar refractivity (Wildman–Crippen MR) is 103 cm³/mol. The van der Waals surface area contributed by atoms with E-state index < -0.39 is 17.2 Å². The number of pyridine rings is 1. The van der Waals surface area contributed by atoms with Crippen molar-refractivity contribution in [1.29, 1.82) is 0 Å². The van der Waals surface area contributed by atoms with Crippen molar-refractivity contribution in [2.75, 3.05) is 20.3 Å². The molecule has 6 heteroatoms. The summed E-state index contributed by atoms with van der Waals surface area (Å²) in [6.45, 7) is 0.867. The van der Waals surface area contributed by atoms with Gasteiger partial charge in [0.25, 0.3) is 5.56 Å². The van der Waals surface area contributed by atoms with E-state index >= 15 is 4.39 Å². The maximum Gasteiger partial charge on any atom is 0.250 e. The van der Waals surface area contributed by atoms with E-state index in [4.69, 9.17) is 9.47 Å². The first-order chi connectivity index (χ1) is 13.4. The summed E-state index contributed by atoms with van der Waals surface area (Å²) in [5.74, 6) is -1.01. The zero-order chi connectivity index (χ0) is 19.9. The molecule has 1 aromatic heterocycles. The summed E-state index contributed by atoms with van der Waals surface area (Å²) in [6, 6.07) is 10.8. The Labute approximate surface area is 161 Å². The van der Waals surface area contributed by atoms with E-state index in [9.17, 15) is 9.18 Å². The van der Waals surface area contributed by atoms with Crippen molar-refractivity contribution in [3.05, 3.63) is 70.0 Å². The molecule has 0 saturated carbocycles. The van der Waals surface area contributed by atoms with E-state index in [1.807, 2.05) is 0 Å². The second kappa shape index (κ2) is 7.11. The number of aryl methyl sites for hydroxylation is 1. The summed E-state index contributed by atoms with van der Waals surface area (Å²) in [5, 5.41) is 0.775. The lowest BCUT2D eigenvalue weighted by atomic mass is 9.84. The Kier molecular flexibility index (Phi) is 4.77. The molecule has 0 aliphatic carbocycles. The predicted octanol–water partition coefficient (Wildman–Crippen LogP) is 4.14. The molecule has 1 saturated heterocycles. The molecule has 0 radical (unpaired) electrons. The Morgan fingerprint density at radius 2 is 1.82 bits per heavy atom. The van der Waals surface area contributed by atoms with Crippen molar-refractivity contribution in [1.82, 2.24) is 4.57 Å². The quantitative estimate of drug-likeness (QED) is 0.681. The van der Waals surface area contributed by atoms with Gasteiger partial charge in [0.15, 0.2) is 0 Å². The first-order valence-corrected chi connectivity index (χ1v) is 9.18. The van der Waals surface area contributed by atoms with Gasteiger partial charge < -0.3 is 14.0 Å². The molecule has 1 aliphatic heterocycles. The number of methoxy groups -OCH3 is 1. The number of aromatic nitrogens is 1. The second-order valence-electron chi connectivity index (χ2n) is 7.13.